The van der Waals surface area contributed by atoms with Crippen molar-refractivity contribution in [2.45, 2.75) is 56.8 Å². The van der Waals surface area contributed by atoms with Gasteiger partial charge in [0.2, 0.25) is 5.95 Å². The van der Waals surface area contributed by atoms with Crippen LogP contribution in [-0.4, -0.2) is 115 Å². The van der Waals surface area contributed by atoms with Crippen molar-refractivity contribution < 1.29 is 48.0 Å². The zero-order valence-electron chi connectivity index (χ0n) is 34.5. The molecule has 320 valence electrons. The summed E-state index contributed by atoms with van der Waals surface area (Å²) in [5.41, 5.74) is 0.794. The van der Waals surface area contributed by atoms with Crippen LogP contribution in [0.3, 0.4) is 0 Å². The van der Waals surface area contributed by atoms with Gasteiger partial charge in [-0.25, -0.2) is 4.98 Å². The Labute approximate surface area is 347 Å². The van der Waals surface area contributed by atoms with E-state index in [-0.39, 0.29) is 42.9 Å². The van der Waals surface area contributed by atoms with Gasteiger partial charge in [0.05, 0.1) is 53.2 Å². The highest BCUT2D eigenvalue weighted by molar-refractivity contribution is 5.76. The smallest absolute Gasteiger partial charge is 0.306 e. The highest BCUT2D eigenvalue weighted by Crippen LogP contribution is 2.44. The van der Waals surface area contributed by atoms with Gasteiger partial charge in [-0.1, -0.05) is 68.4 Å². The molecule has 6 rings (SSSR count). The van der Waals surface area contributed by atoms with Crippen molar-refractivity contribution in [2.75, 3.05) is 60.0 Å². The molecule has 0 amide bonds. The molecule has 0 unspecified atom stereocenters. The Balaban J connectivity index is 1.46. The van der Waals surface area contributed by atoms with Crippen LogP contribution in [-0.2, 0) is 39.0 Å². The van der Waals surface area contributed by atoms with Gasteiger partial charge in [-0.3, -0.25) is 28.8 Å². The van der Waals surface area contributed by atoms with Crippen molar-refractivity contribution >= 4 is 29.1 Å². The number of anilines is 1. The number of aromatic amines is 1. The van der Waals surface area contributed by atoms with Crippen LogP contribution in [0.5, 0.6) is 11.5 Å². The first-order valence-corrected chi connectivity index (χ1v) is 19.6. The largest absolute Gasteiger partial charge is 0.497 e. The van der Waals surface area contributed by atoms with Gasteiger partial charge in [0.1, 0.15) is 29.3 Å². The summed E-state index contributed by atoms with van der Waals surface area (Å²) in [4.78, 5) is 55.7. The summed E-state index contributed by atoms with van der Waals surface area (Å²) in [6, 6.07) is 24.7. The number of methoxy groups -OCH3 is 2. The lowest BCUT2D eigenvalue weighted by Gasteiger charge is -2.37. The van der Waals surface area contributed by atoms with Crippen molar-refractivity contribution in [2.24, 2.45) is 5.92 Å². The maximum absolute atomic E-state index is 13.4. The minimum atomic E-state index is -1.28. The van der Waals surface area contributed by atoms with Crippen LogP contribution < -0.4 is 20.3 Å². The minimum absolute atomic E-state index is 0.0347. The van der Waals surface area contributed by atoms with Crippen molar-refractivity contribution in [3.8, 4) is 11.5 Å². The number of fused-ring (bicyclic) bond motifs is 1. The Morgan fingerprint density at radius 1 is 0.917 bits per heavy atom. The second-order valence-electron chi connectivity index (χ2n) is 14.7. The molecule has 17 heteroatoms. The number of nitrogens with zero attached hydrogens (tertiary/aromatic N) is 4. The Morgan fingerprint density at radius 2 is 1.55 bits per heavy atom. The Bertz CT molecular complexity index is 2180. The number of carbonyl (C=O) groups excluding carboxylic acids is 1. The number of carboxylic acids is 1. The molecule has 0 spiro atoms. The number of aliphatic carboxylic acids is 1. The molecule has 0 radical (unpaired) electrons. The lowest BCUT2D eigenvalue weighted by Crippen LogP contribution is -2.43. The molecule has 1 aliphatic heterocycles. The van der Waals surface area contributed by atoms with E-state index in [1.807, 2.05) is 92.7 Å². The topological polar surface area (TPSA) is 198 Å². The zero-order valence-corrected chi connectivity index (χ0v) is 34.5. The SMILES string of the molecule is COc1ccc(C(OC[C@H]2O[C@@H](n3cnc4c(=O)[nH]c(NCC(C)C)nc43)[C@H](OCCON(C)C)[C@@H]2OC(=O)CCC(=O)O)(c2ccccc2)c2ccc(OC)cc2)cc1. The number of H-pyrrole nitrogens is 1. The van der Waals surface area contributed by atoms with E-state index in [1.54, 1.807) is 32.9 Å². The van der Waals surface area contributed by atoms with E-state index in [0.29, 0.717) is 18.0 Å². The fraction of sp³-hybridized carbons (Fsp3) is 0.419. The van der Waals surface area contributed by atoms with Crippen LogP contribution in [0.25, 0.3) is 11.2 Å². The average Bonchev–Trinajstić information content (AvgIpc) is 3.82. The number of esters is 1. The fourth-order valence-electron chi connectivity index (χ4n) is 6.99. The number of nitrogens with one attached hydrogen (secondary N) is 2. The number of carboxylic acid groups (broad SMARTS) is 1. The van der Waals surface area contributed by atoms with Gasteiger partial charge in [0.15, 0.2) is 23.5 Å². The number of hydroxylamine groups is 2. The van der Waals surface area contributed by atoms with Gasteiger partial charge in [0, 0.05) is 20.6 Å². The predicted molar refractivity (Wildman–Crippen MR) is 220 cm³/mol. The standard InChI is InChI=1S/C43H52N6O11/c1-27(2)24-44-42-46-39-36(40(53)47-42)45-26-49(39)41-38(56-22-23-58-48(3)4)37(60-35(52)21-20-34(50)51)33(59-41)25-57-43(28-10-8-7-9-11-28,29-12-16-31(54-5)17-13-29)30-14-18-32(55-6)19-15-30/h7-19,26-27,33,37-38,41H,20-25H2,1-6H3,(H,50,51)(H2,44,46,47,53)/t33-,37-,38-,41-/m1/s1. The summed E-state index contributed by atoms with van der Waals surface area (Å²) in [6.45, 7) is 4.58. The van der Waals surface area contributed by atoms with E-state index >= 15 is 0 Å². The number of aromatic nitrogens is 4. The van der Waals surface area contributed by atoms with Gasteiger partial charge in [-0.05, 0) is 46.9 Å². The molecular formula is C43H52N6O11. The molecule has 3 aromatic carbocycles. The van der Waals surface area contributed by atoms with Crippen molar-refractivity contribution in [3.63, 3.8) is 0 Å². The van der Waals surface area contributed by atoms with E-state index in [4.69, 9.17) is 38.2 Å². The summed E-state index contributed by atoms with van der Waals surface area (Å²) in [6.07, 6.45) is -3.73. The first kappa shape index (κ1) is 43.7. The first-order valence-electron chi connectivity index (χ1n) is 19.6. The summed E-state index contributed by atoms with van der Waals surface area (Å²) >= 11 is 0. The molecule has 1 aliphatic rings. The number of benzene rings is 3. The quantitative estimate of drug-likeness (QED) is 0.0396. The van der Waals surface area contributed by atoms with Crippen LogP contribution in [0.4, 0.5) is 5.95 Å². The second-order valence-corrected chi connectivity index (χ2v) is 14.7. The molecule has 0 bridgehead atoms. The third kappa shape index (κ3) is 10.1. The van der Waals surface area contributed by atoms with Crippen LogP contribution in [0.1, 0.15) is 49.6 Å². The van der Waals surface area contributed by atoms with E-state index in [0.717, 1.165) is 16.7 Å². The van der Waals surface area contributed by atoms with Gasteiger partial charge >= 0.3 is 11.9 Å². The fourth-order valence-corrected chi connectivity index (χ4v) is 6.99. The Morgan fingerprint density at radius 3 is 2.13 bits per heavy atom. The molecule has 4 atom stereocenters. The third-order valence-electron chi connectivity index (χ3n) is 9.86. The Hall–Kier alpha value is -5.85. The van der Waals surface area contributed by atoms with Gasteiger partial charge in [-0.2, -0.15) is 10.0 Å². The van der Waals surface area contributed by atoms with Crippen LogP contribution in [0, 0.1) is 5.92 Å². The number of rotatable bonds is 21. The molecule has 1 fully saturated rings. The molecule has 17 nitrogen and oxygen atoms in total. The van der Waals surface area contributed by atoms with Gasteiger partial charge in [0.25, 0.3) is 5.56 Å². The average molecular weight is 829 g/mol. The van der Waals surface area contributed by atoms with Crippen LogP contribution in [0.15, 0.2) is 90.0 Å². The molecule has 0 aliphatic carbocycles. The third-order valence-corrected chi connectivity index (χ3v) is 9.86. The van der Waals surface area contributed by atoms with Crippen molar-refractivity contribution in [1.29, 1.82) is 0 Å². The number of carbonyl (C=O) groups is 2. The maximum atomic E-state index is 13.4. The molecule has 3 N–H and O–H groups in total. The van der Waals surface area contributed by atoms with Crippen LogP contribution in [0.2, 0.25) is 0 Å². The van der Waals surface area contributed by atoms with Gasteiger partial charge < -0.3 is 38.8 Å². The molecule has 1 saturated heterocycles. The number of hydrogen-bond donors (Lipinski definition) is 3. The summed E-state index contributed by atoms with van der Waals surface area (Å²) in [5.74, 6) is -0.151. The molecule has 2 aromatic heterocycles. The van der Waals surface area contributed by atoms with Crippen LogP contribution >= 0.6 is 0 Å². The molecular weight excluding hydrogens is 777 g/mol. The molecule has 3 heterocycles. The lowest BCUT2D eigenvalue weighted by molar-refractivity contribution is -0.167. The molecule has 5 aromatic rings. The summed E-state index contributed by atoms with van der Waals surface area (Å²) in [7, 11) is 6.65. The first-order chi connectivity index (χ1) is 28.9. The molecule has 0 saturated carbocycles. The maximum Gasteiger partial charge on any atom is 0.306 e. The van der Waals surface area contributed by atoms with Gasteiger partial charge in [-0.15, -0.1) is 0 Å². The van der Waals surface area contributed by atoms with E-state index in [9.17, 15) is 19.5 Å². The molecule has 60 heavy (non-hydrogen) atoms. The van der Waals surface area contributed by atoms with Crippen molar-refractivity contribution in [3.05, 3.63) is 112 Å². The Kier molecular flexibility index (Phi) is 14.5. The van der Waals surface area contributed by atoms with Crippen molar-refractivity contribution in [1.82, 2.24) is 24.6 Å². The normalized spacial score (nSPS) is 17.9. The zero-order chi connectivity index (χ0) is 42.8. The highest BCUT2D eigenvalue weighted by Gasteiger charge is 2.51. The number of ether oxygens (including phenoxy) is 6. The van der Waals surface area contributed by atoms with E-state index in [1.165, 1.54) is 11.4 Å². The second kappa shape index (κ2) is 19.9. The summed E-state index contributed by atoms with van der Waals surface area (Å²) < 4.78 is 39.2. The predicted octanol–water partition coefficient (Wildman–Crippen LogP) is 4.77. The monoisotopic (exact) mass is 828 g/mol. The number of imidazole rings is 1. The summed E-state index contributed by atoms with van der Waals surface area (Å²) in [5, 5.41) is 14.1. The lowest BCUT2D eigenvalue weighted by atomic mass is 9.80. The minimum Gasteiger partial charge on any atom is -0.497 e. The highest BCUT2D eigenvalue weighted by atomic mass is 16.7. The van der Waals surface area contributed by atoms with E-state index < -0.39 is 60.5 Å². The number of hydrogen-bond acceptors (Lipinski definition) is 14. The van der Waals surface area contributed by atoms with E-state index in [2.05, 4.69) is 15.3 Å².